The number of hydrogen-bond acceptors (Lipinski definition) is 17. The first-order valence-electron chi connectivity index (χ1n) is 31.0. The molecule has 1 aliphatic rings. The lowest BCUT2D eigenvalue weighted by Crippen LogP contribution is -2.60. The van der Waals surface area contributed by atoms with Gasteiger partial charge in [0.05, 0.1) is 18.6 Å². The topological polar surface area (TPSA) is 493 Å². The second-order valence-electron chi connectivity index (χ2n) is 24.5. The van der Waals surface area contributed by atoms with Crippen molar-refractivity contribution >= 4 is 82.8 Å². The molecule has 0 unspecified atom stereocenters. The van der Waals surface area contributed by atoms with Gasteiger partial charge in [-0.15, -0.1) is 0 Å². The number of amides is 12. The number of likely N-dealkylation sites (N-methyl/N-ethyl adjacent to an activating group) is 1. The average Bonchev–Trinajstić information content (AvgIpc) is 0.864. The molecule has 0 radical (unpaired) electrons. The third-order valence-electron chi connectivity index (χ3n) is 14.3. The van der Waals surface area contributed by atoms with Crippen molar-refractivity contribution in [2.75, 3.05) is 33.2 Å². The fourth-order valence-electron chi connectivity index (χ4n) is 8.39. The maximum absolute atomic E-state index is 14.0. The number of halogens is 6. The number of aliphatic carboxylic acids is 2. The molecule has 1 aliphatic heterocycles. The SMILES string of the molecule is CC(C)C[C@@H]1NC(=O)[C@H](C(C)C)NC(=O)[C@H](C)N(C)C(=O)[C@H](C(C)C)NC(=O)[C@@H](N)CCCNC(=O)[C@H](C(C)C)NC(=O)[C@H](C(C)C)NC(=O)[C@H](C)NC(=O)CNC(=O)[C@H](C)NC(=O)[C@@H](N)CCCNC(=O)[C@H](CCCCN)NC1=O.O=C(O)C(F)(F)F.O=C(O)C(F)(F)F. The van der Waals surface area contributed by atoms with E-state index >= 15 is 0 Å². The Morgan fingerprint density at radius 1 is 0.484 bits per heavy atom. The van der Waals surface area contributed by atoms with E-state index in [1.165, 1.54) is 27.8 Å². The molecule has 1 rings (SSSR count). The zero-order chi connectivity index (χ0) is 74.2. The largest absolute Gasteiger partial charge is 0.490 e. The zero-order valence-electron chi connectivity index (χ0n) is 56.3. The number of nitrogens with one attached hydrogen (secondary N) is 11. The fourth-order valence-corrected chi connectivity index (χ4v) is 8.39. The van der Waals surface area contributed by atoms with Gasteiger partial charge in [-0.1, -0.05) is 69.2 Å². The van der Waals surface area contributed by atoms with Gasteiger partial charge >= 0.3 is 24.3 Å². The Balaban J connectivity index is 0. The summed E-state index contributed by atoms with van der Waals surface area (Å²) in [6.45, 7) is 21.4. The number of carboxylic acids is 2. The lowest BCUT2D eigenvalue weighted by Gasteiger charge is -2.32. The number of carbonyl (C=O) groups is 14. The molecular weight excluding hydrogens is 1280 g/mol. The van der Waals surface area contributed by atoms with E-state index in [9.17, 15) is 83.9 Å². The molecule has 31 nitrogen and oxygen atoms in total. The van der Waals surface area contributed by atoms with Crippen LogP contribution in [0, 0.1) is 29.6 Å². The van der Waals surface area contributed by atoms with Crippen LogP contribution >= 0.6 is 0 Å². The highest BCUT2D eigenvalue weighted by Crippen LogP contribution is 2.16. The molecule has 0 aromatic carbocycles. The highest BCUT2D eigenvalue weighted by molar-refractivity contribution is 5.98. The van der Waals surface area contributed by atoms with Gasteiger partial charge in [0, 0.05) is 20.1 Å². The van der Waals surface area contributed by atoms with Crippen molar-refractivity contribution in [3.63, 3.8) is 0 Å². The minimum Gasteiger partial charge on any atom is -0.475 e. The van der Waals surface area contributed by atoms with Gasteiger partial charge in [0.25, 0.3) is 0 Å². The molecular formula is C58H101F6N15O16. The Kier molecular flexibility index (Phi) is 40.5. The van der Waals surface area contributed by atoms with E-state index in [1.54, 1.807) is 55.4 Å². The number of rotatable bonds is 10. The van der Waals surface area contributed by atoms with Gasteiger partial charge in [-0.2, -0.15) is 26.3 Å². The molecule has 1 fully saturated rings. The van der Waals surface area contributed by atoms with Gasteiger partial charge in [-0.05, 0) is 108 Å². The van der Waals surface area contributed by atoms with Crippen LogP contribution in [0.15, 0.2) is 0 Å². The predicted octanol–water partition coefficient (Wildman–Crippen LogP) is -1.61. The molecule has 95 heavy (non-hydrogen) atoms. The summed E-state index contributed by atoms with van der Waals surface area (Å²) in [6.07, 6.45) is -8.17. The van der Waals surface area contributed by atoms with Crippen LogP contribution in [-0.4, -0.2) is 210 Å². The van der Waals surface area contributed by atoms with Crippen LogP contribution in [-0.2, 0) is 67.1 Å². The monoisotopic (exact) mass is 1380 g/mol. The maximum atomic E-state index is 14.0. The minimum absolute atomic E-state index is 0.0510. The summed E-state index contributed by atoms with van der Waals surface area (Å²) in [7, 11) is 1.39. The third-order valence-corrected chi connectivity index (χ3v) is 14.3. The number of carbonyl (C=O) groups excluding carboxylic acids is 12. The Labute approximate surface area is 548 Å². The molecule has 11 atom stereocenters. The zero-order valence-corrected chi connectivity index (χ0v) is 56.3. The minimum atomic E-state index is -5.08. The molecule has 37 heteroatoms. The number of hydrogen-bond donors (Lipinski definition) is 16. The Morgan fingerprint density at radius 2 is 0.863 bits per heavy atom. The number of nitrogens with zero attached hydrogens (tertiary/aromatic N) is 1. The van der Waals surface area contributed by atoms with Crippen LogP contribution in [0.2, 0.25) is 0 Å². The van der Waals surface area contributed by atoms with Crippen molar-refractivity contribution in [2.24, 2.45) is 46.8 Å². The highest BCUT2D eigenvalue weighted by atomic mass is 19.4. The van der Waals surface area contributed by atoms with Crippen LogP contribution in [0.25, 0.3) is 0 Å². The van der Waals surface area contributed by atoms with Gasteiger partial charge in [-0.25, -0.2) is 9.59 Å². The van der Waals surface area contributed by atoms with Gasteiger partial charge in [-0.3, -0.25) is 57.5 Å². The molecule has 19 N–H and O–H groups in total. The lowest BCUT2D eigenvalue weighted by molar-refractivity contribution is -0.193. The summed E-state index contributed by atoms with van der Waals surface area (Å²) >= 11 is 0. The molecule has 546 valence electrons. The molecule has 12 amide bonds. The van der Waals surface area contributed by atoms with E-state index < -0.39 is 192 Å². The van der Waals surface area contributed by atoms with Crippen LogP contribution in [0.5, 0.6) is 0 Å². The first kappa shape index (κ1) is 89.1. The summed E-state index contributed by atoms with van der Waals surface area (Å²) in [5.41, 5.74) is 18.1. The Morgan fingerprint density at radius 3 is 1.29 bits per heavy atom. The van der Waals surface area contributed by atoms with Gasteiger partial charge in [0.15, 0.2) is 0 Å². The van der Waals surface area contributed by atoms with Crippen molar-refractivity contribution in [3.05, 3.63) is 0 Å². The predicted molar refractivity (Wildman–Crippen MR) is 332 cm³/mol. The molecule has 0 aromatic rings. The first-order valence-corrected chi connectivity index (χ1v) is 31.0. The van der Waals surface area contributed by atoms with E-state index in [1.807, 2.05) is 13.8 Å². The van der Waals surface area contributed by atoms with Crippen molar-refractivity contribution in [1.29, 1.82) is 0 Å². The van der Waals surface area contributed by atoms with Crippen molar-refractivity contribution in [2.45, 2.75) is 220 Å². The van der Waals surface area contributed by atoms with Crippen molar-refractivity contribution in [3.8, 4) is 0 Å². The molecule has 0 bridgehead atoms. The molecule has 0 aromatic heterocycles. The van der Waals surface area contributed by atoms with Crippen LogP contribution < -0.4 is 75.7 Å². The van der Waals surface area contributed by atoms with Crippen LogP contribution in [0.3, 0.4) is 0 Å². The van der Waals surface area contributed by atoms with E-state index in [-0.39, 0.29) is 57.5 Å². The summed E-state index contributed by atoms with van der Waals surface area (Å²) < 4.78 is 63.5. The van der Waals surface area contributed by atoms with E-state index in [4.69, 9.17) is 37.0 Å². The summed E-state index contributed by atoms with van der Waals surface area (Å²) in [4.78, 5) is 181. The number of carboxylic acid groups (broad SMARTS) is 2. The molecule has 0 spiro atoms. The quantitative estimate of drug-likeness (QED) is 0.0865. The number of alkyl halides is 6. The van der Waals surface area contributed by atoms with E-state index in [2.05, 4.69) is 58.5 Å². The molecule has 0 saturated carbocycles. The van der Waals surface area contributed by atoms with E-state index in [0.29, 0.717) is 19.4 Å². The summed E-state index contributed by atoms with van der Waals surface area (Å²) in [5, 5.41) is 43.4. The third kappa shape index (κ3) is 34.9. The molecule has 1 saturated heterocycles. The Hall–Kier alpha value is -7.96. The first-order chi connectivity index (χ1) is 43.6. The maximum Gasteiger partial charge on any atom is 0.490 e. The van der Waals surface area contributed by atoms with Crippen LogP contribution in [0.1, 0.15) is 141 Å². The van der Waals surface area contributed by atoms with Crippen molar-refractivity contribution < 1.29 is 104 Å². The highest BCUT2D eigenvalue weighted by Gasteiger charge is 2.40. The lowest BCUT2D eigenvalue weighted by atomic mass is 9.98. The molecule has 1 heterocycles. The number of unbranched alkanes of at least 4 members (excludes halogenated alkanes) is 1. The second kappa shape index (κ2) is 43.2. The van der Waals surface area contributed by atoms with Crippen molar-refractivity contribution in [1.82, 2.24) is 63.4 Å². The summed E-state index contributed by atoms with van der Waals surface area (Å²) in [5.74, 6) is -15.4. The van der Waals surface area contributed by atoms with E-state index in [0.717, 1.165) is 4.90 Å². The molecule has 0 aliphatic carbocycles. The van der Waals surface area contributed by atoms with Crippen LogP contribution in [0.4, 0.5) is 26.3 Å². The Bertz CT molecular complexity index is 2560. The van der Waals surface area contributed by atoms with Gasteiger partial charge in [0.2, 0.25) is 70.9 Å². The smallest absolute Gasteiger partial charge is 0.475 e. The number of nitrogens with two attached hydrogens (primary N) is 3. The normalized spacial score (nSPS) is 25.6. The summed E-state index contributed by atoms with van der Waals surface area (Å²) in [6, 6.07) is -12.3. The fraction of sp³-hybridized carbons (Fsp3) is 0.759. The average molecular weight is 1380 g/mol. The van der Waals surface area contributed by atoms with Gasteiger partial charge in [0.1, 0.15) is 54.4 Å². The standard InChI is InChI=1S/C54H99N15O12.2C2HF3O2/c1-27(2)25-38-50(77)63-37(21-15-16-22-55)49(76)58-23-17-19-35(56)47(74)62-32(11)44(71)60-26-39(70)61-33(12)45(72)65-42(30(7)8)53(80)67-40(28(3)4)51(78)59-24-18-20-36(57)48(75)68-43(31(9)10)54(81)69(14)34(13)46(73)66-41(29(5)6)52(79)64-38;2*3-2(4,5)1(6)7/h27-38,40-43H,15-26,55-57H2,1-14H3,(H,58,76)(H,59,78)(H,60,71)(H,61,70)(H,62,74)(H,63,77)(H,64,79)(H,65,72)(H,66,73)(H,67,80)(H,68,75);2*(H,6,7)/t32-,33-,34-,35-,36-,37-,38-,40-,41-,42-,43-;;/m0../s1. The second-order valence-corrected chi connectivity index (χ2v) is 24.5. The van der Waals surface area contributed by atoms with Gasteiger partial charge < -0.3 is 90.8 Å².